The Labute approximate surface area is 103 Å². The highest BCUT2D eigenvalue weighted by molar-refractivity contribution is 7.86. The highest BCUT2D eigenvalue weighted by Gasteiger charge is 2.43. The van der Waals surface area contributed by atoms with Crippen molar-refractivity contribution in [2.24, 2.45) is 13.0 Å². The van der Waals surface area contributed by atoms with E-state index in [0.29, 0.717) is 5.82 Å². The number of ketones is 1. The number of imidazole rings is 1. The van der Waals surface area contributed by atoms with E-state index in [1.807, 2.05) is 7.05 Å². The molecule has 3 rings (SSSR count). The summed E-state index contributed by atoms with van der Waals surface area (Å²) in [5.74, 6) is 0.708. The minimum absolute atomic E-state index is 0.0336. The molecule has 0 saturated carbocycles. The van der Waals surface area contributed by atoms with Crippen LogP contribution in [0.4, 0.5) is 0 Å². The molecule has 3 heterocycles. The Morgan fingerprint density at radius 3 is 2.59 bits per heavy atom. The number of nitrogens with zero attached hydrogens (tertiary/aromatic N) is 2. The van der Waals surface area contributed by atoms with Gasteiger partial charge in [-0.1, -0.05) is 0 Å². The van der Waals surface area contributed by atoms with Crippen LogP contribution in [0.15, 0.2) is 12.4 Å². The van der Waals surface area contributed by atoms with Crippen LogP contribution in [0.5, 0.6) is 0 Å². The normalized spacial score (nSPS) is 36.1. The first kappa shape index (κ1) is 11.1. The standard InChI is InChI=1S/C12H16N2O2S/c1-14-5-4-13-12(14)11(15)8-6-9-2-3-10(7-8)17(9)16/h4-5,8-10H,2-3,6-7H2,1H3. The van der Waals surface area contributed by atoms with Gasteiger partial charge in [0.15, 0.2) is 5.82 Å². The summed E-state index contributed by atoms with van der Waals surface area (Å²) in [6, 6.07) is 0. The molecule has 92 valence electrons. The van der Waals surface area contributed by atoms with E-state index in [9.17, 15) is 9.00 Å². The summed E-state index contributed by atoms with van der Waals surface area (Å²) in [6.07, 6.45) is 7.08. The van der Waals surface area contributed by atoms with E-state index in [0.717, 1.165) is 25.7 Å². The van der Waals surface area contributed by atoms with Crippen molar-refractivity contribution in [3.63, 3.8) is 0 Å². The topological polar surface area (TPSA) is 52.0 Å². The lowest BCUT2D eigenvalue weighted by Crippen LogP contribution is -2.33. The summed E-state index contributed by atoms with van der Waals surface area (Å²) < 4.78 is 13.7. The molecule has 17 heavy (non-hydrogen) atoms. The Bertz CT molecular complexity index is 467. The summed E-state index contributed by atoms with van der Waals surface area (Å²) in [4.78, 5) is 16.4. The zero-order chi connectivity index (χ0) is 12.0. The molecule has 2 aliphatic heterocycles. The third-order valence-corrected chi connectivity index (χ3v) is 6.15. The van der Waals surface area contributed by atoms with Gasteiger partial charge in [0.1, 0.15) is 0 Å². The highest BCUT2D eigenvalue weighted by Crippen LogP contribution is 2.39. The van der Waals surface area contributed by atoms with E-state index < -0.39 is 10.8 Å². The molecule has 0 N–H and O–H groups in total. The minimum atomic E-state index is -0.687. The molecule has 2 aliphatic rings. The maximum Gasteiger partial charge on any atom is 0.201 e. The maximum absolute atomic E-state index is 12.3. The lowest BCUT2D eigenvalue weighted by molar-refractivity contribution is 0.0892. The average molecular weight is 252 g/mol. The highest BCUT2D eigenvalue weighted by atomic mass is 32.2. The van der Waals surface area contributed by atoms with Crippen LogP contribution in [0.2, 0.25) is 0 Å². The molecule has 1 aromatic rings. The van der Waals surface area contributed by atoms with Crippen LogP contribution >= 0.6 is 0 Å². The summed E-state index contributed by atoms with van der Waals surface area (Å²) in [5.41, 5.74) is 0. The van der Waals surface area contributed by atoms with Gasteiger partial charge in [-0.2, -0.15) is 0 Å². The van der Waals surface area contributed by atoms with Gasteiger partial charge in [-0.15, -0.1) is 0 Å². The number of rotatable bonds is 2. The van der Waals surface area contributed by atoms with Crippen molar-refractivity contribution in [1.29, 1.82) is 0 Å². The Kier molecular flexibility index (Phi) is 2.65. The molecule has 0 radical (unpaired) electrons. The summed E-state index contributed by atoms with van der Waals surface area (Å²) in [6.45, 7) is 0. The smallest absolute Gasteiger partial charge is 0.201 e. The lowest BCUT2D eigenvalue weighted by Gasteiger charge is -2.25. The Morgan fingerprint density at radius 1 is 1.41 bits per heavy atom. The molecule has 4 nitrogen and oxygen atoms in total. The predicted molar refractivity (Wildman–Crippen MR) is 65.2 cm³/mol. The van der Waals surface area contributed by atoms with E-state index in [-0.39, 0.29) is 22.2 Å². The predicted octanol–water partition coefficient (Wildman–Crippen LogP) is 1.29. The first-order valence-corrected chi connectivity index (χ1v) is 7.35. The second-order valence-electron chi connectivity index (χ2n) is 5.04. The van der Waals surface area contributed by atoms with Crippen LogP contribution in [0.3, 0.4) is 0 Å². The number of fused-ring (bicyclic) bond motifs is 2. The Balaban J connectivity index is 1.81. The van der Waals surface area contributed by atoms with Gasteiger partial charge in [0.05, 0.1) is 0 Å². The summed E-state index contributed by atoms with van der Waals surface area (Å²) in [7, 11) is 1.16. The molecule has 1 aromatic heterocycles. The average Bonchev–Trinajstić information content (AvgIpc) is 2.79. The van der Waals surface area contributed by atoms with Crippen molar-refractivity contribution in [1.82, 2.24) is 9.55 Å². The molecule has 0 aromatic carbocycles. The summed E-state index contributed by atoms with van der Waals surface area (Å²) in [5, 5.41) is 0.505. The third-order valence-electron chi connectivity index (χ3n) is 3.97. The molecule has 0 aliphatic carbocycles. The number of carbonyl (C=O) groups is 1. The van der Waals surface area contributed by atoms with Crippen LogP contribution < -0.4 is 0 Å². The van der Waals surface area contributed by atoms with Crippen molar-refractivity contribution < 1.29 is 9.00 Å². The molecule has 2 unspecified atom stereocenters. The van der Waals surface area contributed by atoms with Gasteiger partial charge >= 0.3 is 0 Å². The second-order valence-corrected chi connectivity index (χ2v) is 7.03. The van der Waals surface area contributed by atoms with Crippen LogP contribution in [-0.4, -0.2) is 30.0 Å². The quantitative estimate of drug-likeness (QED) is 0.745. The molecule has 2 saturated heterocycles. The Hall–Kier alpha value is -0.970. The minimum Gasteiger partial charge on any atom is -0.332 e. The first-order chi connectivity index (χ1) is 8.16. The van der Waals surface area contributed by atoms with Gasteiger partial charge in [0.2, 0.25) is 5.78 Å². The number of Topliss-reactive ketones (excluding diaryl/α,β-unsaturated/α-hetero) is 1. The summed E-state index contributed by atoms with van der Waals surface area (Å²) >= 11 is 0. The fourth-order valence-electron chi connectivity index (χ4n) is 3.03. The number of hydrogen-bond donors (Lipinski definition) is 0. The molecule has 2 bridgehead atoms. The van der Waals surface area contributed by atoms with E-state index in [2.05, 4.69) is 4.98 Å². The van der Waals surface area contributed by atoms with Crippen LogP contribution in [0, 0.1) is 5.92 Å². The van der Waals surface area contributed by atoms with Gasteiger partial charge < -0.3 is 4.57 Å². The van der Waals surface area contributed by atoms with Crippen LogP contribution in [0.1, 0.15) is 36.3 Å². The third kappa shape index (κ3) is 1.76. The SMILES string of the molecule is Cn1ccnc1C(=O)C1CC2CCC(C1)S2=O. The van der Waals surface area contributed by atoms with Crippen LogP contribution in [0.25, 0.3) is 0 Å². The molecule has 2 atom stereocenters. The van der Waals surface area contributed by atoms with Crippen molar-refractivity contribution in [3.8, 4) is 0 Å². The molecule has 0 spiro atoms. The molecular formula is C12H16N2O2S. The van der Waals surface area contributed by atoms with E-state index in [1.165, 1.54) is 0 Å². The second kappa shape index (κ2) is 4.05. The van der Waals surface area contributed by atoms with Gasteiger partial charge in [-0.05, 0) is 25.7 Å². The maximum atomic E-state index is 12.3. The number of aromatic nitrogens is 2. The number of aryl methyl sites for hydroxylation is 1. The molecular weight excluding hydrogens is 236 g/mol. The lowest BCUT2D eigenvalue weighted by atomic mass is 9.94. The zero-order valence-electron chi connectivity index (χ0n) is 9.83. The zero-order valence-corrected chi connectivity index (χ0v) is 10.7. The number of carbonyl (C=O) groups excluding carboxylic acids is 1. The monoisotopic (exact) mass is 252 g/mol. The van der Waals surface area contributed by atoms with Crippen molar-refractivity contribution in [2.75, 3.05) is 0 Å². The van der Waals surface area contributed by atoms with Gasteiger partial charge in [0, 0.05) is 46.7 Å². The van der Waals surface area contributed by atoms with E-state index in [4.69, 9.17) is 0 Å². The fourth-order valence-corrected chi connectivity index (χ4v) is 5.16. The molecule has 0 amide bonds. The molecule has 2 fully saturated rings. The Morgan fingerprint density at radius 2 is 2.06 bits per heavy atom. The van der Waals surface area contributed by atoms with E-state index >= 15 is 0 Å². The van der Waals surface area contributed by atoms with Gasteiger partial charge in [-0.3, -0.25) is 9.00 Å². The van der Waals surface area contributed by atoms with Gasteiger partial charge in [-0.25, -0.2) is 4.98 Å². The van der Waals surface area contributed by atoms with Crippen molar-refractivity contribution >= 4 is 16.6 Å². The fraction of sp³-hybridized carbons (Fsp3) is 0.667. The largest absolute Gasteiger partial charge is 0.332 e. The van der Waals surface area contributed by atoms with Crippen LogP contribution in [-0.2, 0) is 17.8 Å². The first-order valence-electron chi connectivity index (χ1n) is 6.07. The number of hydrogen-bond acceptors (Lipinski definition) is 3. The molecule has 5 heteroatoms. The van der Waals surface area contributed by atoms with E-state index in [1.54, 1.807) is 17.0 Å². The van der Waals surface area contributed by atoms with Crippen molar-refractivity contribution in [3.05, 3.63) is 18.2 Å². The van der Waals surface area contributed by atoms with Gasteiger partial charge in [0.25, 0.3) is 0 Å². The van der Waals surface area contributed by atoms with Crippen molar-refractivity contribution in [2.45, 2.75) is 36.2 Å².